The van der Waals surface area contributed by atoms with E-state index in [1.807, 2.05) is 0 Å². The van der Waals surface area contributed by atoms with Gasteiger partial charge in [0, 0.05) is 11.1 Å². The number of aliphatic carboxylic acids is 2. The Kier molecular flexibility index (Phi) is 6.78. The van der Waals surface area contributed by atoms with Gasteiger partial charge in [0.2, 0.25) is 0 Å². The zero-order chi connectivity index (χ0) is 12.9. The summed E-state index contributed by atoms with van der Waals surface area (Å²) in [7, 11) is 0. The molecule has 4 unspecified atom stereocenters. The summed E-state index contributed by atoms with van der Waals surface area (Å²) in [6, 6.07) is 0. The molecule has 3 N–H and O–H groups in total. The van der Waals surface area contributed by atoms with Gasteiger partial charge < -0.3 is 15.3 Å². The van der Waals surface area contributed by atoms with Crippen molar-refractivity contribution in [2.75, 3.05) is 5.88 Å². The Morgan fingerprint density at radius 3 is 2.00 bits per heavy atom. The minimum atomic E-state index is -1.21. The summed E-state index contributed by atoms with van der Waals surface area (Å²) >= 11 is 6.45. The maximum absolute atomic E-state index is 10.9. The molecule has 0 saturated carbocycles. The van der Waals surface area contributed by atoms with Crippen LogP contribution in [0.3, 0.4) is 0 Å². The van der Waals surface area contributed by atoms with E-state index in [-0.39, 0.29) is 5.88 Å². The minimum absolute atomic E-state index is 0.0679. The molecule has 0 aromatic rings. The van der Waals surface area contributed by atoms with Gasteiger partial charge in [-0.1, -0.05) is 6.92 Å². The molecule has 0 spiro atoms. The number of halogens is 1. The molecule has 0 aromatic carbocycles. The molecule has 0 aromatic heterocycles. The van der Waals surface area contributed by atoms with Crippen LogP contribution in [-0.2, 0) is 9.59 Å². The first kappa shape index (κ1) is 15.5. The van der Waals surface area contributed by atoms with Gasteiger partial charge in [0.25, 0.3) is 0 Å². The molecule has 5 nitrogen and oxygen atoms in total. The highest BCUT2D eigenvalue weighted by molar-refractivity contribution is 8.01. The first-order valence-electron chi connectivity index (χ1n) is 4.66. The Bertz CT molecular complexity index is 258. The lowest BCUT2D eigenvalue weighted by Crippen LogP contribution is -2.35. The van der Waals surface area contributed by atoms with Gasteiger partial charge >= 0.3 is 11.9 Å². The number of hydrogen-bond acceptors (Lipinski definition) is 4. The number of carboxylic acid groups (broad SMARTS) is 2. The topological polar surface area (TPSA) is 94.8 Å². The van der Waals surface area contributed by atoms with E-state index >= 15 is 0 Å². The predicted octanol–water partition coefficient (Wildman–Crippen LogP) is 0.882. The Hall–Kier alpha value is -0.460. The fraction of sp³-hybridized carbons (Fsp3) is 0.778. The number of carboxylic acids is 2. The van der Waals surface area contributed by atoms with Crippen molar-refractivity contribution < 1.29 is 24.9 Å². The van der Waals surface area contributed by atoms with Gasteiger partial charge in [0.1, 0.15) is 5.25 Å². The lowest BCUT2D eigenvalue weighted by atomic mass is 10.1. The lowest BCUT2D eigenvalue weighted by Gasteiger charge is -2.23. The highest BCUT2D eigenvalue weighted by Crippen LogP contribution is 2.27. The first-order chi connectivity index (χ1) is 7.31. The first-order valence-corrected chi connectivity index (χ1v) is 6.14. The summed E-state index contributed by atoms with van der Waals surface area (Å²) in [6.45, 7) is 2.81. The SMILES string of the molecule is CC(O)C(CCl)SC(C(=O)O)C(C)C(=O)O. The van der Waals surface area contributed by atoms with E-state index in [1.165, 1.54) is 13.8 Å². The molecule has 0 aliphatic heterocycles. The summed E-state index contributed by atoms with van der Waals surface area (Å²) in [6.07, 6.45) is -0.787. The Morgan fingerprint density at radius 1 is 1.25 bits per heavy atom. The quantitative estimate of drug-likeness (QED) is 0.595. The smallest absolute Gasteiger partial charge is 0.317 e. The summed E-state index contributed by atoms with van der Waals surface area (Å²) in [5.74, 6) is -3.36. The molecule has 0 aliphatic carbocycles. The third-order valence-corrected chi connectivity index (χ3v) is 4.43. The zero-order valence-corrected chi connectivity index (χ0v) is 10.5. The molecule has 7 heteroatoms. The standard InChI is InChI=1S/C9H15ClO5S/c1-4(8(12)13)7(9(14)15)16-6(3-10)5(2)11/h4-7,11H,3H2,1-2H3,(H,12,13)(H,14,15). The summed E-state index contributed by atoms with van der Waals surface area (Å²) < 4.78 is 0. The van der Waals surface area contributed by atoms with Crippen LogP contribution in [-0.4, -0.2) is 49.7 Å². The van der Waals surface area contributed by atoms with E-state index in [1.54, 1.807) is 0 Å². The lowest BCUT2D eigenvalue weighted by molar-refractivity contribution is -0.146. The normalized spacial score (nSPS) is 18.5. The molecule has 0 saturated heterocycles. The average Bonchev–Trinajstić information content (AvgIpc) is 2.17. The van der Waals surface area contributed by atoms with E-state index < -0.39 is 34.5 Å². The Balaban J connectivity index is 4.68. The van der Waals surface area contributed by atoms with Crippen molar-refractivity contribution in [2.24, 2.45) is 5.92 Å². The van der Waals surface area contributed by atoms with Crippen molar-refractivity contribution in [3.63, 3.8) is 0 Å². The van der Waals surface area contributed by atoms with Gasteiger partial charge in [-0.05, 0) is 6.92 Å². The summed E-state index contributed by atoms with van der Waals surface area (Å²) in [4.78, 5) is 21.6. The van der Waals surface area contributed by atoms with Crippen LogP contribution in [0.15, 0.2) is 0 Å². The van der Waals surface area contributed by atoms with Crippen molar-refractivity contribution in [3.8, 4) is 0 Å². The van der Waals surface area contributed by atoms with E-state index in [0.717, 1.165) is 11.8 Å². The second-order valence-electron chi connectivity index (χ2n) is 3.46. The van der Waals surface area contributed by atoms with Gasteiger partial charge in [-0.2, -0.15) is 0 Å². The Morgan fingerprint density at radius 2 is 1.75 bits per heavy atom. The van der Waals surface area contributed by atoms with Crippen LogP contribution >= 0.6 is 23.4 Å². The third kappa shape index (κ3) is 4.59. The second-order valence-corrected chi connectivity index (χ2v) is 5.15. The Labute approximate surface area is 103 Å². The highest BCUT2D eigenvalue weighted by Gasteiger charge is 2.33. The fourth-order valence-corrected chi connectivity index (χ4v) is 2.61. The van der Waals surface area contributed by atoms with Crippen LogP contribution in [0.25, 0.3) is 0 Å². The van der Waals surface area contributed by atoms with Crippen LogP contribution in [0.1, 0.15) is 13.8 Å². The maximum Gasteiger partial charge on any atom is 0.317 e. The second kappa shape index (κ2) is 6.98. The number of rotatable bonds is 7. The van der Waals surface area contributed by atoms with Crippen molar-refractivity contribution in [3.05, 3.63) is 0 Å². The highest BCUT2D eigenvalue weighted by atomic mass is 35.5. The van der Waals surface area contributed by atoms with Crippen molar-refractivity contribution >= 4 is 35.3 Å². The molecule has 0 radical (unpaired) electrons. The summed E-state index contributed by atoms with van der Waals surface area (Å²) in [5.41, 5.74) is 0. The number of carbonyl (C=O) groups is 2. The molecule has 0 aliphatic rings. The number of aliphatic hydroxyl groups is 1. The zero-order valence-electron chi connectivity index (χ0n) is 8.96. The van der Waals surface area contributed by atoms with E-state index in [4.69, 9.17) is 21.8 Å². The maximum atomic E-state index is 10.9. The molecule has 0 heterocycles. The van der Waals surface area contributed by atoms with Crippen LogP contribution in [0.2, 0.25) is 0 Å². The van der Waals surface area contributed by atoms with Crippen LogP contribution < -0.4 is 0 Å². The molecule has 94 valence electrons. The average molecular weight is 271 g/mol. The van der Waals surface area contributed by atoms with Gasteiger partial charge in [-0.25, -0.2) is 0 Å². The van der Waals surface area contributed by atoms with Gasteiger partial charge in [0.05, 0.1) is 12.0 Å². The number of alkyl halides is 1. The van der Waals surface area contributed by atoms with Crippen LogP contribution in [0, 0.1) is 5.92 Å². The molecular formula is C9H15ClO5S. The number of aliphatic hydroxyl groups excluding tert-OH is 1. The van der Waals surface area contributed by atoms with Crippen molar-refractivity contribution in [1.82, 2.24) is 0 Å². The molecule has 0 bridgehead atoms. The molecule has 0 amide bonds. The fourth-order valence-electron chi connectivity index (χ4n) is 0.987. The molecule has 0 rings (SSSR count). The van der Waals surface area contributed by atoms with Crippen LogP contribution in [0.5, 0.6) is 0 Å². The molecule has 0 fully saturated rings. The largest absolute Gasteiger partial charge is 0.481 e. The van der Waals surface area contributed by atoms with Crippen LogP contribution in [0.4, 0.5) is 0 Å². The molecule has 16 heavy (non-hydrogen) atoms. The minimum Gasteiger partial charge on any atom is -0.481 e. The number of thioether (sulfide) groups is 1. The molecular weight excluding hydrogens is 256 g/mol. The number of hydrogen-bond donors (Lipinski definition) is 3. The summed E-state index contributed by atoms with van der Waals surface area (Å²) in [5, 5.41) is 25.4. The van der Waals surface area contributed by atoms with Gasteiger partial charge in [-0.3, -0.25) is 9.59 Å². The van der Waals surface area contributed by atoms with E-state index in [2.05, 4.69) is 0 Å². The van der Waals surface area contributed by atoms with Crippen molar-refractivity contribution in [1.29, 1.82) is 0 Å². The van der Waals surface area contributed by atoms with E-state index in [9.17, 15) is 14.7 Å². The van der Waals surface area contributed by atoms with E-state index in [0.29, 0.717) is 0 Å². The molecule has 4 atom stereocenters. The van der Waals surface area contributed by atoms with Gasteiger partial charge in [0.15, 0.2) is 0 Å². The van der Waals surface area contributed by atoms with Crippen molar-refractivity contribution in [2.45, 2.75) is 30.5 Å². The van der Waals surface area contributed by atoms with Gasteiger partial charge in [-0.15, -0.1) is 23.4 Å². The monoisotopic (exact) mass is 270 g/mol. The predicted molar refractivity (Wildman–Crippen MR) is 62.0 cm³/mol. The third-order valence-electron chi connectivity index (χ3n) is 2.10.